The molecule has 37 heavy (non-hydrogen) atoms. The predicted molar refractivity (Wildman–Crippen MR) is 131 cm³/mol. The zero-order chi connectivity index (χ0) is 26.9. The van der Waals surface area contributed by atoms with Gasteiger partial charge in [-0.3, -0.25) is 19.4 Å². The maximum Gasteiger partial charge on any atom is 0.410 e. The molecule has 2 atom stereocenters. The highest BCUT2D eigenvalue weighted by Crippen LogP contribution is 2.41. The SMILES string of the molecule is COC(=O)N1CCCC1C(=O)N(c1cccc(F)c1)C(C(=O)NC1CC(F)(F)C1)c1c(Cl)cccc1Cl. The van der Waals surface area contributed by atoms with Crippen molar-refractivity contribution in [1.29, 1.82) is 0 Å². The Balaban J connectivity index is 1.83. The summed E-state index contributed by atoms with van der Waals surface area (Å²) in [6.45, 7) is 0.237. The lowest BCUT2D eigenvalue weighted by atomic mass is 9.87. The highest BCUT2D eigenvalue weighted by molar-refractivity contribution is 6.36. The van der Waals surface area contributed by atoms with Gasteiger partial charge in [-0.05, 0) is 43.2 Å². The molecule has 2 aromatic carbocycles. The van der Waals surface area contributed by atoms with Gasteiger partial charge >= 0.3 is 6.09 Å². The maximum absolute atomic E-state index is 14.4. The molecule has 3 amide bonds. The van der Waals surface area contributed by atoms with Gasteiger partial charge in [-0.25, -0.2) is 18.0 Å². The molecule has 0 radical (unpaired) electrons. The minimum Gasteiger partial charge on any atom is -0.453 e. The van der Waals surface area contributed by atoms with Gasteiger partial charge < -0.3 is 10.1 Å². The van der Waals surface area contributed by atoms with Crippen molar-refractivity contribution in [3.63, 3.8) is 0 Å². The molecular weight excluding hydrogens is 534 g/mol. The van der Waals surface area contributed by atoms with Gasteiger partial charge in [0.1, 0.15) is 17.9 Å². The number of anilines is 1. The van der Waals surface area contributed by atoms with Crippen molar-refractivity contribution in [2.45, 2.75) is 49.7 Å². The molecule has 2 unspecified atom stereocenters. The number of likely N-dealkylation sites (tertiary alicyclic amines) is 1. The Bertz CT molecular complexity index is 1190. The number of hydrogen-bond acceptors (Lipinski definition) is 4. The van der Waals surface area contributed by atoms with Gasteiger partial charge in [-0.2, -0.15) is 0 Å². The number of halogens is 5. The second-order valence-corrected chi connectivity index (χ2v) is 9.83. The second kappa shape index (κ2) is 10.8. The molecule has 2 fully saturated rings. The van der Waals surface area contributed by atoms with Crippen LogP contribution in [0.2, 0.25) is 10.0 Å². The molecule has 1 N–H and O–H groups in total. The zero-order valence-electron chi connectivity index (χ0n) is 19.7. The van der Waals surface area contributed by atoms with E-state index < -0.39 is 60.6 Å². The van der Waals surface area contributed by atoms with Crippen LogP contribution in [0.25, 0.3) is 0 Å². The van der Waals surface area contributed by atoms with Gasteiger partial charge in [0.25, 0.3) is 11.8 Å². The van der Waals surface area contributed by atoms with E-state index in [2.05, 4.69) is 5.32 Å². The fraction of sp³-hybridized carbons (Fsp3) is 0.400. The molecule has 1 aliphatic carbocycles. The number of rotatable bonds is 6. The normalized spacial score (nSPS) is 19.6. The summed E-state index contributed by atoms with van der Waals surface area (Å²) in [6.07, 6.45) is -1.10. The van der Waals surface area contributed by atoms with E-state index in [1.807, 2.05) is 0 Å². The average Bonchev–Trinajstić information content (AvgIpc) is 3.31. The second-order valence-electron chi connectivity index (χ2n) is 9.02. The molecule has 0 aromatic heterocycles. The van der Waals surface area contributed by atoms with Crippen LogP contribution in [0.3, 0.4) is 0 Å². The third-order valence-electron chi connectivity index (χ3n) is 6.49. The number of carbonyl (C=O) groups excluding carboxylic acids is 3. The minimum atomic E-state index is -2.90. The molecule has 1 aliphatic heterocycles. The Hall–Kier alpha value is -2.98. The summed E-state index contributed by atoms with van der Waals surface area (Å²) in [5.74, 6) is -5.12. The summed E-state index contributed by atoms with van der Waals surface area (Å²) in [4.78, 5) is 42.4. The quantitative estimate of drug-likeness (QED) is 0.519. The first-order chi connectivity index (χ1) is 17.5. The number of amides is 3. The molecule has 198 valence electrons. The number of benzene rings is 2. The molecule has 12 heteroatoms. The lowest BCUT2D eigenvalue weighted by Crippen LogP contribution is -2.56. The van der Waals surface area contributed by atoms with E-state index in [1.54, 1.807) is 6.07 Å². The summed E-state index contributed by atoms with van der Waals surface area (Å²) >= 11 is 12.9. The predicted octanol–water partition coefficient (Wildman–Crippen LogP) is 5.35. The molecule has 2 aliphatic rings. The van der Waals surface area contributed by atoms with Gasteiger partial charge in [-0.15, -0.1) is 0 Å². The summed E-state index contributed by atoms with van der Waals surface area (Å²) in [7, 11) is 1.18. The highest BCUT2D eigenvalue weighted by Gasteiger charge is 2.48. The Morgan fingerprint density at radius 2 is 1.78 bits per heavy atom. The lowest BCUT2D eigenvalue weighted by molar-refractivity contribution is -0.133. The van der Waals surface area contributed by atoms with Crippen LogP contribution in [-0.4, -0.2) is 54.5 Å². The van der Waals surface area contributed by atoms with Crippen LogP contribution in [0, 0.1) is 5.82 Å². The first kappa shape index (κ1) is 27.1. The van der Waals surface area contributed by atoms with E-state index in [1.165, 1.54) is 36.3 Å². The standard InChI is InChI=1S/C25H24Cl2F3N3O4/c1-37-24(36)32-10-4-9-19(32)23(35)33(16-6-2-5-14(28)11-16)21(20-17(26)7-3-8-18(20)27)22(34)31-15-12-25(29,30)13-15/h2-3,5-8,11,15,19,21H,4,9-10,12-13H2,1H3,(H,31,34). The number of ether oxygens (including phenoxy) is 1. The molecule has 0 bridgehead atoms. The van der Waals surface area contributed by atoms with Gasteiger partial charge in [0.05, 0.1) is 7.11 Å². The molecule has 1 saturated carbocycles. The Labute approximate surface area is 221 Å². The van der Waals surface area contributed by atoms with Crippen molar-refractivity contribution in [2.75, 3.05) is 18.6 Å². The first-order valence-corrected chi connectivity index (χ1v) is 12.3. The van der Waals surface area contributed by atoms with Crippen LogP contribution in [-0.2, 0) is 14.3 Å². The Kier molecular flexibility index (Phi) is 7.89. The minimum absolute atomic E-state index is 0.00297. The van der Waals surface area contributed by atoms with E-state index in [-0.39, 0.29) is 34.3 Å². The van der Waals surface area contributed by atoms with E-state index in [4.69, 9.17) is 27.9 Å². The fourth-order valence-electron chi connectivity index (χ4n) is 4.74. The van der Waals surface area contributed by atoms with Crippen molar-refractivity contribution in [1.82, 2.24) is 10.2 Å². The summed E-state index contributed by atoms with van der Waals surface area (Å²) in [5, 5.41) is 2.63. The van der Waals surface area contributed by atoms with E-state index >= 15 is 0 Å². The number of alkyl halides is 2. The average molecular weight is 558 g/mol. The zero-order valence-corrected chi connectivity index (χ0v) is 21.2. The highest BCUT2D eigenvalue weighted by atomic mass is 35.5. The number of methoxy groups -OCH3 is 1. The number of nitrogens with zero attached hydrogens (tertiary/aromatic N) is 2. The monoisotopic (exact) mass is 557 g/mol. The van der Waals surface area contributed by atoms with Crippen LogP contribution in [0.1, 0.15) is 37.3 Å². The van der Waals surface area contributed by atoms with Crippen molar-refractivity contribution in [3.8, 4) is 0 Å². The summed E-state index contributed by atoms with van der Waals surface area (Å²) < 4.78 is 46.2. The van der Waals surface area contributed by atoms with Crippen molar-refractivity contribution in [3.05, 3.63) is 63.9 Å². The number of nitrogens with one attached hydrogen (secondary N) is 1. The molecule has 1 saturated heterocycles. The van der Waals surface area contributed by atoms with Crippen molar-refractivity contribution < 1.29 is 32.3 Å². The third kappa shape index (κ3) is 5.65. The van der Waals surface area contributed by atoms with E-state index in [0.29, 0.717) is 6.42 Å². The largest absolute Gasteiger partial charge is 0.453 e. The summed E-state index contributed by atoms with van der Waals surface area (Å²) in [5.41, 5.74) is 0.0337. The van der Waals surface area contributed by atoms with E-state index in [9.17, 15) is 27.6 Å². The van der Waals surface area contributed by atoms with E-state index in [0.717, 1.165) is 17.0 Å². The maximum atomic E-state index is 14.4. The third-order valence-corrected chi connectivity index (χ3v) is 7.15. The van der Waals surface area contributed by atoms with Crippen LogP contribution < -0.4 is 10.2 Å². The molecule has 0 spiro atoms. The van der Waals surface area contributed by atoms with Crippen molar-refractivity contribution >= 4 is 46.8 Å². The summed E-state index contributed by atoms with van der Waals surface area (Å²) in [6, 6.07) is 6.04. The number of carbonyl (C=O) groups is 3. The lowest BCUT2D eigenvalue weighted by Gasteiger charge is -2.39. The Morgan fingerprint density at radius 1 is 1.14 bits per heavy atom. The molecule has 1 heterocycles. The van der Waals surface area contributed by atoms with Crippen LogP contribution in [0.4, 0.5) is 23.7 Å². The Morgan fingerprint density at radius 3 is 2.38 bits per heavy atom. The molecule has 4 rings (SSSR count). The smallest absolute Gasteiger partial charge is 0.410 e. The van der Waals surface area contributed by atoms with Crippen molar-refractivity contribution in [2.24, 2.45) is 0 Å². The molecule has 7 nitrogen and oxygen atoms in total. The van der Waals surface area contributed by atoms with Gasteiger partial charge in [0.15, 0.2) is 0 Å². The molecular formula is C25H24Cl2F3N3O4. The topological polar surface area (TPSA) is 79.0 Å². The number of hydrogen-bond donors (Lipinski definition) is 1. The van der Waals surface area contributed by atoms with Crippen LogP contribution in [0.5, 0.6) is 0 Å². The van der Waals surface area contributed by atoms with Gasteiger partial charge in [0, 0.05) is 46.7 Å². The van der Waals surface area contributed by atoms with Gasteiger partial charge in [0.2, 0.25) is 5.91 Å². The molecule has 2 aromatic rings. The fourth-order valence-corrected chi connectivity index (χ4v) is 5.35. The van der Waals surface area contributed by atoms with Crippen LogP contribution in [0.15, 0.2) is 42.5 Å². The van der Waals surface area contributed by atoms with Crippen LogP contribution >= 0.6 is 23.2 Å². The van der Waals surface area contributed by atoms with Gasteiger partial charge in [-0.1, -0.05) is 35.3 Å². The first-order valence-electron chi connectivity index (χ1n) is 11.6.